The molecule has 1 atom stereocenters. The second-order valence-corrected chi connectivity index (χ2v) is 5.14. The van der Waals surface area contributed by atoms with E-state index in [4.69, 9.17) is 0 Å². The van der Waals surface area contributed by atoms with E-state index >= 15 is 0 Å². The molecule has 1 N–H and O–H groups in total. The van der Waals surface area contributed by atoms with Crippen molar-refractivity contribution in [2.45, 2.75) is 18.9 Å². The van der Waals surface area contributed by atoms with Crippen LogP contribution in [0.3, 0.4) is 0 Å². The van der Waals surface area contributed by atoms with Gasteiger partial charge in [0.05, 0.1) is 6.54 Å². The maximum Gasteiger partial charge on any atom is 0.107 e. The van der Waals surface area contributed by atoms with Gasteiger partial charge in [0, 0.05) is 35.9 Å². The quantitative estimate of drug-likeness (QED) is 0.881. The van der Waals surface area contributed by atoms with E-state index in [0.29, 0.717) is 5.92 Å². The topological polar surface area (TPSA) is 44.8 Å². The summed E-state index contributed by atoms with van der Waals surface area (Å²) in [6.45, 7) is 3.26. The maximum absolute atomic E-state index is 4.32. The van der Waals surface area contributed by atoms with E-state index < -0.39 is 0 Å². The molecule has 1 saturated heterocycles. The summed E-state index contributed by atoms with van der Waals surface area (Å²) in [7, 11) is 0. The highest BCUT2D eigenvalue weighted by atomic mass is 32.1. The van der Waals surface area contributed by atoms with Crippen LogP contribution in [0.5, 0.6) is 0 Å². The highest BCUT2D eigenvalue weighted by Crippen LogP contribution is 2.26. The summed E-state index contributed by atoms with van der Waals surface area (Å²) in [6.07, 6.45) is 4.93. The van der Waals surface area contributed by atoms with Gasteiger partial charge < -0.3 is 0 Å². The van der Waals surface area contributed by atoms with Crippen LogP contribution in [0.25, 0.3) is 0 Å². The molecule has 0 spiro atoms. The number of likely N-dealkylation sites (tertiary alicyclic amines) is 1. The molecule has 0 bridgehead atoms. The number of aromatic amines is 1. The Labute approximate surface area is 98.3 Å². The van der Waals surface area contributed by atoms with E-state index in [1.165, 1.54) is 17.1 Å². The van der Waals surface area contributed by atoms with Gasteiger partial charge in [-0.2, -0.15) is 5.10 Å². The van der Waals surface area contributed by atoms with Gasteiger partial charge >= 0.3 is 0 Å². The van der Waals surface area contributed by atoms with Crippen LogP contribution in [0.1, 0.15) is 23.0 Å². The Morgan fingerprint density at radius 1 is 1.50 bits per heavy atom. The average molecular weight is 234 g/mol. The lowest BCUT2D eigenvalue weighted by Crippen LogP contribution is -2.19. The van der Waals surface area contributed by atoms with Crippen molar-refractivity contribution in [1.29, 1.82) is 0 Å². The largest absolute Gasteiger partial charge is 0.296 e. The first-order valence-electron chi connectivity index (χ1n) is 5.52. The van der Waals surface area contributed by atoms with Gasteiger partial charge in [0.1, 0.15) is 5.01 Å². The minimum Gasteiger partial charge on any atom is -0.296 e. The number of H-pyrrole nitrogens is 1. The average Bonchev–Trinajstić information content (AvgIpc) is 2.99. The molecule has 84 valence electrons. The fourth-order valence-electron chi connectivity index (χ4n) is 2.25. The molecule has 0 aliphatic carbocycles. The summed E-state index contributed by atoms with van der Waals surface area (Å²) in [5.41, 5.74) is 1.27. The molecule has 1 unspecified atom stereocenters. The maximum atomic E-state index is 4.32. The first kappa shape index (κ1) is 9.99. The molecule has 1 fully saturated rings. The number of thiazole rings is 1. The molecule has 1 aliphatic rings. The molecular formula is C11H14N4S. The summed E-state index contributed by atoms with van der Waals surface area (Å²) in [5.74, 6) is 0.613. The zero-order valence-electron chi connectivity index (χ0n) is 8.97. The molecule has 2 aromatic rings. The Balaban J connectivity index is 1.61. The molecular weight excluding hydrogens is 220 g/mol. The monoisotopic (exact) mass is 234 g/mol. The zero-order valence-corrected chi connectivity index (χ0v) is 9.78. The molecule has 0 amide bonds. The smallest absolute Gasteiger partial charge is 0.107 e. The number of hydrogen-bond acceptors (Lipinski definition) is 4. The number of nitrogens with zero attached hydrogens (tertiary/aromatic N) is 3. The minimum atomic E-state index is 0.613. The van der Waals surface area contributed by atoms with E-state index in [2.05, 4.69) is 26.1 Å². The number of nitrogens with one attached hydrogen (secondary N) is 1. The summed E-state index contributed by atoms with van der Waals surface area (Å²) in [6, 6.07) is 2.08. The first-order chi connectivity index (χ1) is 7.92. The van der Waals surface area contributed by atoms with E-state index in [-0.39, 0.29) is 0 Å². The third kappa shape index (κ3) is 2.01. The molecule has 4 nitrogen and oxygen atoms in total. The zero-order chi connectivity index (χ0) is 10.8. The second-order valence-electron chi connectivity index (χ2n) is 4.16. The van der Waals surface area contributed by atoms with Gasteiger partial charge in [-0.25, -0.2) is 4.98 Å². The van der Waals surface area contributed by atoms with E-state index in [9.17, 15) is 0 Å². The van der Waals surface area contributed by atoms with Gasteiger partial charge in [-0.3, -0.25) is 10.00 Å². The van der Waals surface area contributed by atoms with Crippen LogP contribution in [0.15, 0.2) is 23.8 Å². The van der Waals surface area contributed by atoms with Crippen LogP contribution in [0.4, 0.5) is 0 Å². The van der Waals surface area contributed by atoms with E-state index in [1.807, 2.05) is 17.8 Å². The molecule has 0 saturated carbocycles. The number of aromatic nitrogens is 3. The Bertz CT molecular complexity index is 423. The number of rotatable bonds is 3. The predicted octanol–water partition coefficient (Wildman–Crippen LogP) is 1.86. The molecule has 1 aliphatic heterocycles. The third-order valence-corrected chi connectivity index (χ3v) is 3.84. The van der Waals surface area contributed by atoms with Crippen LogP contribution in [0.2, 0.25) is 0 Å². The molecule has 3 rings (SSSR count). The summed E-state index contributed by atoms with van der Waals surface area (Å²) in [5, 5.41) is 10.3. The lowest BCUT2D eigenvalue weighted by atomic mass is 10.1. The van der Waals surface area contributed by atoms with Crippen LogP contribution in [-0.4, -0.2) is 33.2 Å². The lowest BCUT2D eigenvalue weighted by Gasteiger charge is -2.13. The van der Waals surface area contributed by atoms with Crippen LogP contribution >= 0.6 is 11.3 Å². The minimum absolute atomic E-state index is 0.613. The van der Waals surface area contributed by atoms with E-state index in [0.717, 1.165) is 19.6 Å². The van der Waals surface area contributed by atoms with Crippen molar-refractivity contribution in [3.8, 4) is 0 Å². The third-order valence-electron chi connectivity index (χ3n) is 3.08. The van der Waals surface area contributed by atoms with Gasteiger partial charge in [-0.1, -0.05) is 0 Å². The summed E-state index contributed by atoms with van der Waals surface area (Å²) < 4.78 is 0. The molecule has 0 aromatic carbocycles. The van der Waals surface area contributed by atoms with Gasteiger partial charge in [-0.15, -0.1) is 11.3 Å². The Morgan fingerprint density at radius 3 is 3.25 bits per heavy atom. The predicted molar refractivity (Wildman–Crippen MR) is 63.3 cm³/mol. The molecule has 16 heavy (non-hydrogen) atoms. The number of hydrogen-bond donors (Lipinski definition) is 1. The van der Waals surface area contributed by atoms with Crippen LogP contribution < -0.4 is 0 Å². The molecule has 2 aromatic heterocycles. The first-order valence-corrected chi connectivity index (χ1v) is 6.40. The van der Waals surface area contributed by atoms with Crippen molar-refractivity contribution >= 4 is 11.3 Å². The van der Waals surface area contributed by atoms with Crippen molar-refractivity contribution in [3.63, 3.8) is 0 Å². The van der Waals surface area contributed by atoms with Gasteiger partial charge in [0.2, 0.25) is 0 Å². The van der Waals surface area contributed by atoms with Crippen molar-refractivity contribution in [2.24, 2.45) is 0 Å². The highest BCUT2D eigenvalue weighted by molar-refractivity contribution is 7.09. The van der Waals surface area contributed by atoms with Crippen molar-refractivity contribution in [3.05, 3.63) is 34.5 Å². The van der Waals surface area contributed by atoms with Gasteiger partial charge in [0.25, 0.3) is 0 Å². The van der Waals surface area contributed by atoms with Crippen LogP contribution in [0, 0.1) is 0 Å². The van der Waals surface area contributed by atoms with Crippen LogP contribution in [-0.2, 0) is 6.54 Å². The molecule has 0 radical (unpaired) electrons. The van der Waals surface area contributed by atoms with Gasteiger partial charge in [-0.05, 0) is 19.0 Å². The SMILES string of the molecule is c1cc(C2CCN(Cc3nccs3)C2)[nH]n1. The fourth-order valence-corrected chi connectivity index (χ4v) is 2.90. The highest BCUT2D eigenvalue weighted by Gasteiger charge is 2.24. The van der Waals surface area contributed by atoms with Crippen molar-refractivity contribution in [2.75, 3.05) is 13.1 Å². The normalized spacial score (nSPS) is 21.6. The summed E-state index contributed by atoms with van der Waals surface area (Å²) >= 11 is 1.74. The van der Waals surface area contributed by atoms with Crippen molar-refractivity contribution in [1.82, 2.24) is 20.1 Å². The van der Waals surface area contributed by atoms with Crippen molar-refractivity contribution < 1.29 is 0 Å². The Hall–Kier alpha value is -1.20. The fraction of sp³-hybridized carbons (Fsp3) is 0.455. The second kappa shape index (κ2) is 4.35. The van der Waals surface area contributed by atoms with E-state index in [1.54, 1.807) is 11.3 Å². The summed E-state index contributed by atoms with van der Waals surface area (Å²) in [4.78, 5) is 6.79. The Morgan fingerprint density at radius 2 is 2.50 bits per heavy atom. The molecule has 5 heteroatoms. The standard InChI is InChI=1S/C11H14N4S/c1-3-13-14-10(1)9-2-5-15(7-9)8-11-12-4-6-16-11/h1,3-4,6,9H,2,5,7-8H2,(H,13,14). The Kier molecular flexibility index (Phi) is 2.71. The molecule has 3 heterocycles. The van der Waals surface area contributed by atoms with Gasteiger partial charge in [0.15, 0.2) is 0 Å². The lowest BCUT2D eigenvalue weighted by molar-refractivity contribution is 0.326.